The molecule has 0 aliphatic carbocycles. The predicted molar refractivity (Wildman–Crippen MR) is 92.7 cm³/mol. The number of amides is 1. The van der Waals surface area contributed by atoms with Gasteiger partial charge >= 0.3 is 0 Å². The zero-order chi connectivity index (χ0) is 18.1. The first-order valence-electron chi connectivity index (χ1n) is 7.78. The largest absolute Gasteiger partial charge is 0.318 e. The Hall–Kier alpha value is -3.61. The number of benzene rings is 2. The van der Waals surface area contributed by atoms with Gasteiger partial charge in [-0.3, -0.25) is 4.79 Å². The minimum atomic E-state index is -0.730. The third-order valence-electron chi connectivity index (χ3n) is 3.84. The molecule has 0 saturated heterocycles. The Bertz CT molecular complexity index is 1110. The highest BCUT2D eigenvalue weighted by molar-refractivity contribution is 6.03. The van der Waals surface area contributed by atoms with E-state index in [1.807, 2.05) is 30.3 Å². The molecule has 0 bridgehead atoms. The Morgan fingerprint density at radius 3 is 2.62 bits per heavy atom. The molecular weight excluding hydrogens is 338 g/mol. The quantitative estimate of drug-likeness (QED) is 0.609. The summed E-state index contributed by atoms with van der Waals surface area (Å²) >= 11 is 0. The molecule has 128 valence electrons. The van der Waals surface area contributed by atoms with Crippen molar-refractivity contribution in [3.63, 3.8) is 0 Å². The molecule has 0 aliphatic rings. The Morgan fingerprint density at radius 1 is 1.00 bits per heavy atom. The average Bonchev–Trinajstić information content (AvgIpc) is 3.10. The van der Waals surface area contributed by atoms with Crippen molar-refractivity contribution in [3.8, 4) is 11.3 Å². The molecule has 1 amide bonds. The van der Waals surface area contributed by atoms with Crippen molar-refractivity contribution in [2.24, 2.45) is 0 Å². The van der Waals surface area contributed by atoms with Crippen molar-refractivity contribution in [2.75, 3.05) is 5.32 Å². The van der Waals surface area contributed by atoms with Crippen LogP contribution in [0.2, 0.25) is 0 Å². The summed E-state index contributed by atoms with van der Waals surface area (Å²) in [5, 5.41) is 6.59. The number of carbonyl (C=O) groups is 1. The average molecular weight is 350 g/mol. The summed E-state index contributed by atoms with van der Waals surface area (Å²) in [6.45, 7) is 0. The van der Waals surface area contributed by atoms with Crippen LogP contribution < -0.4 is 5.32 Å². The van der Waals surface area contributed by atoms with E-state index in [-0.39, 0.29) is 11.4 Å². The summed E-state index contributed by atoms with van der Waals surface area (Å²) in [4.78, 5) is 16.6. The number of fused-ring (bicyclic) bond motifs is 1. The Labute approximate surface area is 146 Å². The highest BCUT2D eigenvalue weighted by Gasteiger charge is 2.16. The van der Waals surface area contributed by atoms with Crippen LogP contribution in [0.5, 0.6) is 0 Å². The minimum absolute atomic E-state index is 0.0459. The molecule has 2 heterocycles. The van der Waals surface area contributed by atoms with Gasteiger partial charge in [0.05, 0.1) is 11.4 Å². The third kappa shape index (κ3) is 2.90. The van der Waals surface area contributed by atoms with Crippen LogP contribution in [-0.4, -0.2) is 20.5 Å². The smallest absolute Gasteiger partial charge is 0.276 e. The molecule has 0 aliphatic heterocycles. The molecule has 2 aromatic heterocycles. The van der Waals surface area contributed by atoms with Crippen LogP contribution in [0.15, 0.2) is 66.9 Å². The fourth-order valence-corrected chi connectivity index (χ4v) is 2.61. The van der Waals surface area contributed by atoms with Crippen LogP contribution in [0, 0.1) is 11.6 Å². The fraction of sp³-hybridized carbons (Fsp3) is 0. The molecule has 5 nitrogen and oxygen atoms in total. The highest BCUT2D eigenvalue weighted by atomic mass is 19.1. The number of hydrogen-bond donors (Lipinski definition) is 1. The van der Waals surface area contributed by atoms with Gasteiger partial charge in [0, 0.05) is 23.9 Å². The second-order valence-corrected chi connectivity index (χ2v) is 5.57. The first-order chi connectivity index (χ1) is 12.6. The molecule has 7 heteroatoms. The summed E-state index contributed by atoms with van der Waals surface area (Å²) in [5.41, 5.74) is 1.93. The van der Waals surface area contributed by atoms with Gasteiger partial charge in [-0.05, 0) is 18.2 Å². The van der Waals surface area contributed by atoms with Crippen LogP contribution in [0.4, 0.5) is 14.5 Å². The number of hydrogen-bond acceptors (Lipinski definition) is 3. The van der Waals surface area contributed by atoms with Gasteiger partial charge in [-0.15, -0.1) is 0 Å². The zero-order valence-electron chi connectivity index (χ0n) is 13.4. The van der Waals surface area contributed by atoms with Crippen molar-refractivity contribution in [3.05, 3.63) is 84.2 Å². The van der Waals surface area contributed by atoms with E-state index in [2.05, 4.69) is 15.4 Å². The standard InChI is InChI=1S/C19H12F2N4O/c20-13-6-7-14(21)15(10-13)23-19(26)16-11-18-22-9-8-17(25(18)24-16)12-4-2-1-3-5-12/h1-11H,(H,23,26). The number of rotatable bonds is 3. The molecule has 0 unspecified atom stereocenters. The SMILES string of the molecule is O=C(Nc1cc(F)ccc1F)c1cc2nccc(-c3ccccc3)n2n1. The lowest BCUT2D eigenvalue weighted by Crippen LogP contribution is -2.14. The Kier molecular flexibility index (Phi) is 3.89. The van der Waals surface area contributed by atoms with Gasteiger partial charge in [0.25, 0.3) is 5.91 Å². The molecular formula is C19H12F2N4O. The van der Waals surface area contributed by atoms with Crippen LogP contribution in [0.25, 0.3) is 16.9 Å². The van der Waals surface area contributed by atoms with Crippen LogP contribution in [0.3, 0.4) is 0 Å². The van der Waals surface area contributed by atoms with E-state index in [1.165, 1.54) is 10.6 Å². The highest BCUT2D eigenvalue weighted by Crippen LogP contribution is 2.21. The molecule has 0 radical (unpaired) electrons. The molecule has 0 spiro atoms. The monoisotopic (exact) mass is 350 g/mol. The van der Waals surface area contributed by atoms with Gasteiger partial charge in [0.2, 0.25) is 0 Å². The summed E-state index contributed by atoms with van der Waals surface area (Å²) in [7, 11) is 0. The predicted octanol–water partition coefficient (Wildman–Crippen LogP) is 3.93. The van der Waals surface area contributed by atoms with Gasteiger partial charge in [0.15, 0.2) is 11.3 Å². The summed E-state index contributed by atoms with van der Waals surface area (Å²) in [6.07, 6.45) is 1.62. The van der Waals surface area contributed by atoms with Gasteiger partial charge in [-0.2, -0.15) is 5.10 Å². The van der Waals surface area contributed by atoms with E-state index in [4.69, 9.17) is 0 Å². The normalized spacial score (nSPS) is 10.8. The number of aromatic nitrogens is 3. The topological polar surface area (TPSA) is 59.3 Å². The molecule has 2 aromatic carbocycles. The fourth-order valence-electron chi connectivity index (χ4n) is 2.61. The molecule has 4 aromatic rings. The summed E-state index contributed by atoms with van der Waals surface area (Å²) in [5.74, 6) is -2.03. The molecule has 0 atom stereocenters. The zero-order valence-corrected chi connectivity index (χ0v) is 13.4. The lowest BCUT2D eigenvalue weighted by molar-refractivity contribution is 0.102. The van der Waals surface area contributed by atoms with Crippen molar-refractivity contribution in [1.29, 1.82) is 0 Å². The first kappa shape index (κ1) is 15.9. The maximum Gasteiger partial charge on any atom is 0.276 e. The van der Waals surface area contributed by atoms with Gasteiger partial charge < -0.3 is 5.32 Å². The van der Waals surface area contributed by atoms with Gasteiger partial charge in [-0.1, -0.05) is 30.3 Å². The van der Waals surface area contributed by atoms with Crippen molar-refractivity contribution < 1.29 is 13.6 Å². The van der Waals surface area contributed by atoms with E-state index in [9.17, 15) is 13.6 Å². The van der Waals surface area contributed by atoms with Crippen LogP contribution in [-0.2, 0) is 0 Å². The number of nitrogens with zero attached hydrogens (tertiary/aromatic N) is 3. The third-order valence-corrected chi connectivity index (χ3v) is 3.84. The summed E-state index contributed by atoms with van der Waals surface area (Å²) in [6, 6.07) is 15.6. The number of carbonyl (C=O) groups excluding carboxylic acids is 1. The number of nitrogens with one attached hydrogen (secondary N) is 1. The van der Waals surface area contributed by atoms with Crippen molar-refractivity contribution >= 4 is 17.2 Å². The minimum Gasteiger partial charge on any atom is -0.318 e. The van der Waals surface area contributed by atoms with E-state index in [0.29, 0.717) is 5.65 Å². The van der Waals surface area contributed by atoms with Crippen LogP contribution in [0.1, 0.15) is 10.5 Å². The lowest BCUT2D eigenvalue weighted by atomic mass is 10.1. The summed E-state index contributed by atoms with van der Waals surface area (Å²) < 4.78 is 28.5. The molecule has 4 rings (SSSR count). The van der Waals surface area contributed by atoms with E-state index in [0.717, 1.165) is 29.5 Å². The first-order valence-corrected chi connectivity index (χ1v) is 7.78. The Balaban J connectivity index is 1.72. The van der Waals surface area contributed by atoms with Gasteiger partial charge in [0.1, 0.15) is 11.6 Å². The van der Waals surface area contributed by atoms with E-state index in [1.54, 1.807) is 12.3 Å². The maximum absolute atomic E-state index is 13.7. The molecule has 0 saturated carbocycles. The number of anilines is 1. The second-order valence-electron chi connectivity index (χ2n) is 5.57. The molecule has 1 N–H and O–H groups in total. The second kappa shape index (κ2) is 6.36. The van der Waals surface area contributed by atoms with Gasteiger partial charge in [-0.25, -0.2) is 18.3 Å². The Morgan fingerprint density at radius 2 is 1.81 bits per heavy atom. The van der Waals surface area contributed by atoms with E-state index < -0.39 is 17.5 Å². The van der Waals surface area contributed by atoms with Crippen molar-refractivity contribution in [1.82, 2.24) is 14.6 Å². The maximum atomic E-state index is 13.7. The lowest BCUT2D eigenvalue weighted by Gasteiger charge is -2.05. The van der Waals surface area contributed by atoms with E-state index >= 15 is 0 Å². The number of halogens is 2. The molecule has 0 fully saturated rings. The van der Waals surface area contributed by atoms with Crippen molar-refractivity contribution in [2.45, 2.75) is 0 Å². The van der Waals surface area contributed by atoms with Crippen LogP contribution >= 0.6 is 0 Å². The molecule has 26 heavy (non-hydrogen) atoms.